The summed E-state index contributed by atoms with van der Waals surface area (Å²) in [6, 6.07) is -3.74. The Kier molecular flexibility index (Phi) is 13.3. The van der Waals surface area contributed by atoms with Crippen molar-refractivity contribution in [1.82, 2.24) is 10.6 Å². The first kappa shape index (κ1) is 33.9. The molecule has 3 aliphatic rings. The molecule has 0 radical (unpaired) electrons. The summed E-state index contributed by atoms with van der Waals surface area (Å²) < 4.78 is 17.9. The third-order valence-corrected chi connectivity index (χ3v) is 8.32. The van der Waals surface area contributed by atoms with E-state index >= 15 is 0 Å². The number of nitrogens with two attached hydrogens (primary N) is 4. The number of aliphatic hydroxyl groups is 7. The molecule has 0 amide bonds. The SMILES string of the molecule is NCCCN[C@@H]1C[C@H](O)[C@@H](CN)O[C@@H]1C1[C@@H](N)C[C@@H](NC(CO)CO)[C@H](O[C@H]2O[C@H](CO)[C@@H](O)[C@H](N)[C@H]2O)[C@H]1O. The van der Waals surface area contributed by atoms with Crippen molar-refractivity contribution in [2.24, 2.45) is 28.9 Å². The van der Waals surface area contributed by atoms with Crippen LogP contribution in [0.3, 0.4) is 0 Å². The molecule has 3 fully saturated rings. The van der Waals surface area contributed by atoms with Crippen LogP contribution in [0.1, 0.15) is 19.3 Å². The normalized spacial score (nSPS) is 44.7. The van der Waals surface area contributed by atoms with Crippen LogP contribution in [0, 0.1) is 5.92 Å². The minimum absolute atomic E-state index is 0.0505. The van der Waals surface area contributed by atoms with Crippen LogP contribution in [-0.4, -0.2) is 161 Å². The van der Waals surface area contributed by atoms with Crippen LogP contribution in [-0.2, 0) is 14.2 Å². The Balaban J connectivity index is 1.91. The van der Waals surface area contributed by atoms with Crippen LogP contribution in [0.2, 0.25) is 0 Å². The van der Waals surface area contributed by atoms with E-state index in [2.05, 4.69) is 10.6 Å². The molecule has 0 aromatic heterocycles. The number of aliphatic hydroxyl groups excluding tert-OH is 7. The zero-order valence-corrected chi connectivity index (χ0v) is 22.7. The Labute approximate surface area is 233 Å². The van der Waals surface area contributed by atoms with Crippen LogP contribution in [0.15, 0.2) is 0 Å². The first-order valence-electron chi connectivity index (χ1n) is 14.0. The number of rotatable bonds is 13. The maximum absolute atomic E-state index is 11.8. The average molecular weight is 583 g/mol. The largest absolute Gasteiger partial charge is 0.395 e. The Morgan fingerprint density at radius 1 is 0.875 bits per heavy atom. The summed E-state index contributed by atoms with van der Waals surface area (Å²) >= 11 is 0. The lowest BCUT2D eigenvalue weighted by molar-refractivity contribution is -0.307. The van der Waals surface area contributed by atoms with Gasteiger partial charge in [0.15, 0.2) is 6.29 Å². The molecule has 0 aromatic rings. The zero-order valence-electron chi connectivity index (χ0n) is 22.7. The highest BCUT2D eigenvalue weighted by Crippen LogP contribution is 2.37. The second-order valence-electron chi connectivity index (χ2n) is 11.1. The molecule has 1 aliphatic carbocycles. The van der Waals surface area contributed by atoms with Crippen molar-refractivity contribution in [2.45, 2.75) is 105 Å². The fraction of sp³-hybridized carbons (Fsp3) is 1.00. The minimum atomic E-state index is -1.50. The van der Waals surface area contributed by atoms with Crippen molar-refractivity contribution in [3.63, 3.8) is 0 Å². The van der Waals surface area contributed by atoms with Crippen molar-refractivity contribution in [2.75, 3.05) is 39.5 Å². The molecule has 0 spiro atoms. The van der Waals surface area contributed by atoms with Gasteiger partial charge in [-0.15, -0.1) is 0 Å². The average Bonchev–Trinajstić information content (AvgIpc) is 2.94. The van der Waals surface area contributed by atoms with Crippen molar-refractivity contribution < 1.29 is 50.0 Å². The molecule has 2 saturated heterocycles. The van der Waals surface area contributed by atoms with Crippen molar-refractivity contribution in [3.8, 4) is 0 Å². The van der Waals surface area contributed by atoms with E-state index < -0.39 is 111 Å². The molecule has 2 aliphatic heterocycles. The van der Waals surface area contributed by atoms with Crippen molar-refractivity contribution in [3.05, 3.63) is 0 Å². The third kappa shape index (κ3) is 7.65. The summed E-state index contributed by atoms with van der Waals surface area (Å²) in [7, 11) is 0. The number of nitrogens with one attached hydrogen (secondary N) is 2. The van der Waals surface area contributed by atoms with Gasteiger partial charge in [-0.3, -0.25) is 0 Å². The molecule has 1 saturated carbocycles. The second-order valence-corrected chi connectivity index (χ2v) is 11.1. The maximum atomic E-state index is 11.8. The van der Waals surface area contributed by atoms with E-state index in [0.29, 0.717) is 25.9 Å². The van der Waals surface area contributed by atoms with Gasteiger partial charge in [-0.05, 0) is 32.4 Å². The van der Waals surface area contributed by atoms with Gasteiger partial charge in [0.05, 0.1) is 56.3 Å². The molecule has 236 valence electrons. The van der Waals surface area contributed by atoms with Gasteiger partial charge in [0, 0.05) is 30.6 Å². The van der Waals surface area contributed by atoms with Crippen LogP contribution in [0.5, 0.6) is 0 Å². The van der Waals surface area contributed by atoms with Gasteiger partial charge in [0.1, 0.15) is 24.4 Å². The predicted molar refractivity (Wildman–Crippen MR) is 141 cm³/mol. The minimum Gasteiger partial charge on any atom is -0.395 e. The van der Waals surface area contributed by atoms with E-state index in [0.717, 1.165) is 0 Å². The predicted octanol–water partition coefficient (Wildman–Crippen LogP) is -7.06. The summed E-state index contributed by atoms with van der Waals surface area (Å²) in [6.45, 7) is -0.348. The summed E-state index contributed by atoms with van der Waals surface area (Å²) in [6.07, 6.45) is -8.91. The molecule has 16 heteroatoms. The molecular weight excluding hydrogens is 532 g/mol. The molecule has 3 rings (SSSR count). The lowest BCUT2D eigenvalue weighted by Gasteiger charge is -2.52. The highest BCUT2D eigenvalue weighted by atomic mass is 16.7. The van der Waals surface area contributed by atoms with E-state index in [9.17, 15) is 35.7 Å². The monoisotopic (exact) mass is 582 g/mol. The second kappa shape index (κ2) is 15.7. The smallest absolute Gasteiger partial charge is 0.186 e. The van der Waals surface area contributed by atoms with Gasteiger partial charge in [-0.25, -0.2) is 0 Å². The Morgan fingerprint density at radius 2 is 1.57 bits per heavy atom. The van der Waals surface area contributed by atoms with Gasteiger partial charge in [0.25, 0.3) is 0 Å². The lowest BCUT2D eigenvalue weighted by atomic mass is 9.71. The van der Waals surface area contributed by atoms with E-state index in [1.807, 2.05) is 0 Å². The van der Waals surface area contributed by atoms with Crippen LogP contribution in [0.25, 0.3) is 0 Å². The topological polar surface area (TPSA) is 297 Å². The number of hydrogen-bond donors (Lipinski definition) is 13. The van der Waals surface area contributed by atoms with Gasteiger partial charge in [-0.2, -0.15) is 0 Å². The van der Waals surface area contributed by atoms with Gasteiger partial charge < -0.3 is 83.5 Å². The van der Waals surface area contributed by atoms with Crippen LogP contribution < -0.4 is 33.6 Å². The Bertz CT molecular complexity index is 742. The van der Waals surface area contributed by atoms with Gasteiger partial charge in [0.2, 0.25) is 0 Å². The standard InChI is InChI=1S/C24H50N6O10/c25-2-1-3-29-12-5-14(34)15(6-26)38-22(12)17-11(27)4-13(30-10(7-31)8-32)23(20(17)36)40-24-21(37)18(28)19(35)16(9-33)39-24/h10-24,29-37H,1-9,25-28H2/t11-,12+,13+,14-,15+,16+,17?,18-,19+,20-,21+,22-,23-,24+/m0/s1. The van der Waals surface area contributed by atoms with Crippen LogP contribution >= 0.6 is 0 Å². The quantitative estimate of drug-likeness (QED) is 0.0897. The zero-order chi connectivity index (χ0) is 29.6. The summed E-state index contributed by atoms with van der Waals surface area (Å²) in [5.41, 5.74) is 24.1. The molecule has 40 heavy (non-hydrogen) atoms. The number of ether oxygens (including phenoxy) is 3. The molecule has 0 bridgehead atoms. The van der Waals surface area contributed by atoms with Crippen molar-refractivity contribution >= 4 is 0 Å². The third-order valence-electron chi connectivity index (χ3n) is 8.32. The van der Waals surface area contributed by atoms with Crippen LogP contribution in [0.4, 0.5) is 0 Å². The molecular formula is C24H50N6O10. The fourth-order valence-corrected chi connectivity index (χ4v) is 6.01. The van der Waals surface area contributed by atoms with Gasteiger partial charge in [-0.1, -0.05) is 0 Å². The number of hydrogen-bond acceptors (Lipinski definition) is 16. The molecule has 2 heterocycles. The first-order valence-corrected chi connectivity index (χ1v) is 14.0. The fourth-order valence-electron chi connectivity index (χ4n) is 6.01. The Hall–Kier alpha value is -0.640. The van der Waals surface area contributed by atoms with Crippen molar-refractivity contribution in [1.29, 1.82) is 0 Å². The summed E-state index contributed by atoms with van der Waals surface area (Å²) in [4.78, 5) is 0. The summed E-state index contributed by atoms with van der Waals surface area (Å²) in [5.74, 6) is -0.740. The van der Waals surface area contributed by atoms with E-state index in [-0.39, 0.29) is 13.0 Å². The summed E-state index contributed by atoms with van der Waals surface area (Å²) in [5, 5.41) is 78.7. The molecule has 16 nitrogen and oxygen atoms in total. The highest BCUT2D eigenvalue weighted by Gasteiger charge is 2.53. The first-order chi connectivity index (χ1) is 19.1. The molecule has 0 aromatic carbocycles. The van der Waals surface area contributed by atoms with E-state index in [4.69, 9.17) is 37.1 Å². The molecule has 17 N–H and O–H groups in total. The van der Waals surface area contributed by atoms with E-state index in [1.54, 1.807) is 0 Å². The van der Waals surface area contributed by atoms with E-state index in [1.165, 1.54) is 0 Å². The maximum Gasteiger partial charge on any atom is 0.186 e. The molecule has 14 atom stereocenters. The molecule has 1 unspecified atom stereocenters. The lowest BCUT2D eigenvalue weighted by Crippen LogP contribution is -2.70. The van der Waals surface area contributed by atoms with Gasteiger partial charge >= 0.3 is 0 Å². The Morgan fingerprint density at radius 3 is 2.17 bits per heavy atom. The highest BCUT2D eigenvalue weighted by molar-refractivity contribution is 5.07.